The minimum atomic E-state index is -0.0578. The van der Waals surface area contributed by atoms with E-state index in [0.717, 1.165) is 23.5 Å². The highest BCUT2D eigenvalue weighted by atomic mass is 16.5. The number of ether oxygens (including phenoxy) is 1. The van der Waals surface area contributed by atoms with Crippen LogP contribution >= 0.6 is 0 Å². The van der Waals surface area contributed by atoms with Gasteiger partial charge in [-0.25, -0.2) is 4.52 Å². The van der Waals surface area contributed by atoms with Crippen LogP contribution in [0.3, 0.4) is 0 Å². The van der Waals surface area contributed by atoms with Gasteiger partial charge in [-0.3, -0.25) is 4.79 Å². The molecule has 0 aliphatic carbocycles. The minimum Gasteiger partial charge on any atom is -0.376 e. The Hall–Kier alpha value is -1.62. The van der Waals surface area contributed by atoms with Gasteiger partial charge in [-0.15, -0.1) is 0 Å². The molecule has 1 N–H and O–H groups in total. The van der Waals surface area contributed by atoms with Crippen LogP contribution in [-0.2, 0) is 23.2 Å². The number of nitrogens with one attached hydrogen (secondary N) is 1. The first-order chi connectivity index (χ1) is 8.47. The summed E-state index contributed by atoms with van der Waals surface area (Å²) in [5, 5.41) is 4.63. The molecule has 0 spiro atoms. The fourth-order valence-corrected chi connectivity index (χ4v) is 2.24. The van der Waals surface area contributed by atoms with Crippen molar-refractivity contribution in [1.82, 2.24) is 14.6 Å². The SMILES string of the molecule is CC(C)(C)c1cc2[nH]c(=O)c3c(n2n1)CCOC3. The van der Waals surface area contributed by atoms with Crippen molar-refractivity contribution >= 4 is 5.65 Å². The van der Waals surface area contributed by atoms with Gasteiger partial charge in [0.05, 0.1) is 30.2 Å². The van der Waals surface area contributed by atoms with Gasteiger partial charge in [0.15, 0.2) is 0 Å². The lowest BCUT2D eigenvalue weighted by Gasteiger charge is -2.16. The normalized spacial score (nSPS) is 15.9. The third-order valence-electron chi connectivity index (χ3n) is 3.33. The molecule has 5 nitrogen and oxygen atoms in total. The Kier molecular flexibility index (Phi) is 2.35. The maximum absolute atomic E-state index is 12.0. The highest BCUT2D eigenvalue weighted by molar-refractivity contribution is 5.44. The van der Waals surface area contributed by atoms with Crippen LogP contribution < -0.4 is 5.56 Å². The standard InChI is InChI=1S/C13H17N3O2/c1-13(2,3)10-6-11-14-12(17)8-7-18-5-4-9(8)16(11)15-10/h6H,4-5,7H2,1-3H3,(H,14,17). The molecule has 0 fully saturated rings. The van der Waals surface area contributed by atoms with Crippen molar-refractivity contribution in [1.29, 1.82) is 0 Å². The molecule has 0 saturated heterocycles. The molecule has 5 heteroatoms. The Morgan fingerprint density at radius 2 is 2.22 bits per heavy atom. The first-order valence-electron chi connectivity index (χ1n) is 6.19. The Labute approximate surface area is 105 Å². The van der Waals surface area contributed by atoms with E-state index in [4.69, 9.17) is 4.74 Å². The predicted molar refractivity (Wildman–Crippen MR) is 67.9 cm³/mol. The van der Waals surface area contributed by atoms with Crippen molar-refractivity contribution in [3.05, 3.63) is 33.4 Å². The number of aromatic amines is 1. The number of rotatable bonds is 0. The van der Waals surface area contributed by atoms with Crippen molar-refractivity contribution in [2.24, 2.45) is 0 Å². The van der Waals surface area contributed by atoms with Gasteiger partial charge >= 0.3 is 0 Å². The first-order valence-corrected chi connectivity index (χ1v) is 6.19. The summed E-state index contributed by atoms with van der Waals surface area (Å²) in [6.45, 7) is 7.37. The van der Waals surface area contributed by atoms with E-state index in [0.29, 0.717) is 18.8 Å². The van der Waals surface area contributed by atoms with Gasteiger partial charge in [0, 0.05) is 17.9 Å². The summed E-state index contributed by atoms with van der Waals surface area (Å²) < 4.78 is 7.20. The number of hydrogen-bond acceptors (Lipinski definition) is 3. The fourth-order valence-electron chi connectivity index (χ4n) is 2.24. The van der Waals surface area contributed by atoms with Crippen LogP contribution in [0.15, 0.2) is 10.9 Å². The van der Waals surface area contributed by atoms with Crippen molar-refractivity contribution < 1.29 is 4.74 Å². The van der Waals surface area contributed by atoms with Gasteiger partial charge in [0.2, 0.25) is 0 Å². The van der Waals surface area contributed by atoms with E-state index in [9.17, 15) is 4.79 Å². The molecule has 0 atom stereocenters. The zero-order chi connectivity index (χ0) is 12.9. The summed E-state index contributed by atoms with van der Waals surface area (Å²) >= 11 is 0. The van der Waals surface area contributed by atoms with Crippen LogP contribution in [0.25, 0.3) is 5.65 Å². The lowest BCUT2D eigenvalue weighted by Crippen LogP contribution is -2.25. The minimum absolute atomic E-state index is 0.0268. The maximum Gasteiger partial charge on any atom is 0.256 e. The summed E-state index contributed by atoms with van der Waals surface area (Å²) in [6.07, 6.45) is 0.737. The second kappa shape index (κ2) is 3.68. The fraction of sp³-hybridized carbons (Fsp3) is 0.538. The van der Waals surface area contributed by atoms with Gasteiger partial charge < -0.3 is 9.72 Å². The van der Waals surface area contributed by atoms with Gasteiger partial charge in [-0.1, -0.05) is 20.8 Å². The van der Waals surface area contributed by atoms with Gasteiger partial charge in [-0.05, 0) is 0 Å². The largest absolute Gasteiger partial charge is 0.376 e. The number of H-pyrrole nitrogens is 1. The van der Waals surface area contributed by atoms with E-state index in [2.05, 4.69) is 30.9 Å². The molecule has 2 aromatic rings. The van der Waals surface area contributed by atoms with Crippen LogP contribution in [-0.4, -0.2) is 21.2 Å². The molecule has 3 rings (SSSR count). The summed E-state index contributed by atoms with van der Waals surface area (Å²) in [7, 11) is 0. The van der Waals surface area contributed by atoms with Crippen LogP contribution in [0.5, 0.6) is 0 Å². The molecular weight excluding hydrogens is 230 g/mol. The van der Waals surface area contributed by atoms with E-state index >= 15 is 0 Å². The zero-order valence-electron chi connectivity index (χ0n) is 10.9. The quantitative estimate of drug-likeness (QED) is 0.765. The molecule has 0 saturated carbocycles. The number of aromatic nitrogens is 3. The predicted octanol–water partition coefficient (Wildman–Crippen LogP) is 1.39. The van der Waals surface area contributed by atoms with E-state index in [1.54, 1.807) is 0 Å². The molecule has 0 amide bonds. The topological polar surface area (TPSA) is 59.4 Å². The van der Waals surface area contributed by atoms with Crippen LogP contribution in [0.2, 0.25) is 0 Å². The third-order valence-corrected chi connectivity index (χ3v) is 3.33. The van der Waals surface area contributed by atoms with Gasteiger partial charge in [-0.2, -0.15) is 5.10 Å². The highest BCUT2D eigenvalue weighted by Gasteiger charge is 2.22. The second-order valence-corrected chi connectivity index (χ2v) is 5.76. The molecule has 0 radical (unpaired) electrons. The van der Waals surface area contributed by atoms with Gasteiger partial charge in [0.1, 0.15) is 5.65 Å². The molecule has 18 heavy (non-hydrogen) atoms. The van der Waals surface area contributed by atoms with Gasteiger partial charge in [0.25, 0.3) is 5.56 Å². The first kappa shape index (κ1) is 11.5. The second-order valence-electron chi connectivity index (χ2n) is 5.76. The highest BCUT2D eigenvalue weighted by Crippen LogP contribution is 2.23. The molecule has 1 aliphatic rings. The third kappa shape index (κ3) is 1.66. The monoisotopic (exact) mass is 247 g/mol. The van der Waals surface area contributed by atoms with Crippen molar-refractivity contribution in [3.8, 4) is 0 Å². The van der Waals surface area contributed by atoms with Crippen molar-refractivity contribution in [2.75, 3.05) is 6.61 Å². The smallest absolute Gasteiger partial charge is 0.256 e. The molecule has 1 aliphatic heterocycles. The van der Waals surface area contributed by atoms with E-state index in [-0.39, 0.29) is 11.0 Å². The summed E-state index contributed by atoms with van der Waals surface area (Å²) in [6, 6.07) is 1.96. The Morgan fingerprint density at radius 3 is 2.94 bits per heavy atom. The Balaban J connectivity index is 2.31. The summed E-state index contributed by atoms with van der Waals surface area (Å²) in [5.74, 6) is 0. The van der Waals surface area contributed by atoms with E-state index < -0.39 is 0 Å². The van der Waals surface area contributed by atoms with Crippen LogP contribution in [0, 0.1) is 0 Å². The van der Waals surface area contributed by atoms with Crippen molar-refractivity contribution in [3.63, 3.8) is 0 Å². The van der Waals surface area contributed by atoms with Crippen LogP contribution in [0.4, 0.5) is 0 Å². The average molecular weight is 247 g/mol. The molecule has 2 aromatic heterocycles. The molecular formula is C13H17N3O2. The molecule has 3 heterocycles. The summed E-state index contributed by atoms with van der Waals surface area (Å²) in [4.78, 5) is 14.8. The number of nitrogens with zero attached hydrogens (tertiary/aromatic N) is 2. The zero-order valence-corrected chi connectivity index (χ0v) is 10.9. The van der Waals surface area contributed by atoms with Crippen molar-refractivity contribution in [2.45, 2.75) is 39.2 Å². The number of hydrogen-bond donors (Lipinski definition) is 1. The Morgan fingerprint density at radius 1 is 1.44 bits per heavy atom. The summed E-state index contributed by atoms with van der Waals surface area (Å²) in [5.41, 5.74) is 3.36. The van der Waals surface area contributed by atoms with E-state index in [1.165, 1.54) is 0 Å². The lowest BCUT2D eigenvalue weighted by molar-refractivity contribution is 0.107. The molecule has 0 aromatic carbocycles. The number of fused-ring (bicyclic) bond motifs is 3. The lowest BCUT2D eigenvalue weighted by atomic mass is 9.93. The van der Waals surface area contributed by atoms with Crippen LogP contribution in [0.1, 0.15) is 37.7 Å². The molecule has 0 unspecified atom stereocenters. The maximum atomic E-state index is 12.0. The molecule has 0 bridgehead atoms. The Bertz CT molecular complexity index is 661. The van der Waals surface area contributed by atoms with E-state index in [1.807, 2.05) is 10.6 Å². The molecule has 96 valence electrons. The average Bonchev–Trinajstić information content (AvgIpc) is 2.73.